The average Bonchev–Trinajstić information content (AvgIpc) is 3.71. The molecule has 0 aliphatic carbocycles. The molecule has 1 saturated heterocycles. The molecule has 0 radical (unpaired) electrons. The largest absolute Gasteiger partial charge is 0.497 e. The van der Waals surface area contributed by atoms with E-state index in [-0.39, 0.29) is 23.5 Å². The molecule has 1 amide bonds. The van der Waals surface area contributed by atoms with Gasteiger partial charge in [0.05, 0.1) is 50.3 Å². The van der Waals surface area contributed by atoms with Gasteiger partial charge in [0.2, 0.25) is 21.9 Å². The molecular formula is C31H34N4O7S. The number of imidazole rings is 1. The van der Waals surface area contributed by atoms with E-state index in [1.54, 1.807) is 49.2 Å². The monoisotopic (exact) mass is 606 g/mol. The number of benzene rings is 3. The van der Waals surface area contributed by atoms with E-state index in [0.29, 0.717) is 41.7 Å². The topological polar surface area (TPSA) is 121 Å². The van der Waals surface area contributed by atoms with Crippen molar-refractivity contribution in [1.82, 2.24) is 13.9 Å². The van der Waals surface area contributed by atoms with Crippen molar-refractivity contribution < 1.29 is 32.2 Å². The minimum atomic E-state index is -4.04. The van der Waals surface area contributed by atoms with E-state index in [2.05, 4.69) is 5.32 Å². The molecule has 0 saturated carbocycles. The first kappa shape index (κ1) is 30.1. The van der Waals surface area contributed by atoms with Crippen LogP contribution in [0, 0.1) is 0 Å². The first-order valence-electron chi connectivity index (χ1n) is 13.7. The number of hydrogen-bond donors (Lipinski definition) is 1. The third-order valence-corrected chi connectivity index (χ3v) is 8.95. The Morgan fingerprint density at radius 1 is 1.00 bits per heavy atom. The quantitative estimate of drug-likeness (QED) is 0.252. The van der Waals surface area contributed by atoms with Gasteiger partial charge in [-0.2, -0.15) is 4.31 Å². The molecule has 12 heteroatoms. The lowest BCUT2D eigenvalue weighted by Gasteiger charge is -2.24. The molecule has 1 N–H and O–H groups in total. The van der Waals surface area contributed by atoms with Crippen LogP contribution in [0.4, 0.5) is 5.95 Å². The van der Waals surface area contributed by atoms with Crippen LogP contribution < -0.4 is 19.5 Å². The molecule has 43 heavy (non-hydrogen) atoms. The first-order chi connectivity index (χ1) is 20.8. The van der Waals surface area contributed by atoms with Crippen molar-refractivity contribution in [3.8, 4) is 34.2 Å². The van der Waals surface area contributed by atoms with E-state index in [4.69, 9.17) is 23.9 Å². The zero-order valence-electron chi connectivity index (χ0n) is 24.2. The van der Waals surface area contributed by atoms with Crippen molar-refractivity contribution in [3.05, 3.63) is 79.0 Å². The van der Waals surface area contributed by atoms with E-state index < -0.39 is 22.5 Å². The van der Waals surface area contributed by atoms with Gasteiger partial charge in [0.1, 0.15) is 5.75 Å². The lowest BCUT2D eigenvalue weighted by atomic mass is 10.2. The van der Waals surface area contributed by atoms with Crippen LogP contribution in [-0.2, 0) is 19.6 Å². The lowest BCUT2D eigenvalue weighted by molar-refractivity contribution is -0.116. The molecule has 0 spiro atoms. The summed E-state index contributed by atoms with van der Waals surface area (Å²) in [4.78, 5) is 18.3. The molecule has 5 rings (SSSR count). The number of carbonyl (C=O) groups is 1. The number of sulfonamides is 1. The van der Waals surface area contributed by atoms with Crippen molar-refractivity contribution in [1.29, 1.82) is 0 Å². The van der Waals surface area contributed by atoms with Crippen molar-refractivity contribution in [2.75, 3.05) is 46.3 Å². The highest BCUT2D eigenvalue weighted by atomic mass is 32.2. The van der Waals surface area contributed by atoms with Gasteiger partial charge in [0, 0.05) is 31.0 Å². The van der Waals surface area contributed by atoms with E-state index in [9.17, 15) is 13.2 Å². The third kappa shape index (κ3) is 6.82. The Kier molecular flexibility index (Phi) is 9.29. The van der Waals surface area contributed by atoms with Crippen molar-refractivity contribution in [2.24, 2.45) is 0 Å². The van der Waals surface area contributed by atoms with Crippen LogP contribution in [0.2, 0.25) is 0 Å². The molecule has 1 aliphatic rings. The standard InChI is InChI=1S/C31H34N4O7S/c1-39-24-12-14-26(15-13-24)43(37,38)34(19-25-10-7-17-42-25)21-30(36)33-31-32-27(22-8-5-4-6-9-22)20-35(31)23-11-16-28(40-2)29(18-23)41-3/h4-6,8-9,11-16,18,20,25H,7,10,17,19,21H2,1-3H3,(H,32,33,36)/t25-/m0/s1. The van der Waals surface area contributed by atoms with Gasteiger partial charge in [-0.15, -0.1) is 0 Å². The molecule has 0 unspecified atom stereocenters. The number of nitrogens with one attached hydrogen (secondary N) is 1. The van der Waals surface area contributed by atoms with Crippen LogP contribution in [0.25, 0.3) is 16.9 Å². The van der Waals surface area contributed by atoms with Gasteiger partial charge in [0.25, 0.3) is 0 Å². The maximum absolute atomic E-state index is 13.7. The van der Waals surface area contributed by atoms with Crippen molar-refractivity contribution >= 4 is 21.9 Å². The number of anilines is 1. The molecule has 4 aromatic rings. The normalized spacial score (nSPS) is 14.9. The molecule has 11 nitrogen and oxygen atoms in total. The van der Waals surface area contributed by atoms with Crippen molar-refractivity contribution in [2.45, 2.75) is 23.8 Å². The molecule has 1 aromatic heterocycles. The lowest BCUT2D eigenvalue weighted by Crippen LogP contribution is -2.42. The van der Waals surface area contributed by atoms with E-state index in [1.807, 2.05) is 36.4 Å². The summed E-state index contributed by atoms with van der Waals surface area (Å²) in [6, 6.07) is 20.9. The summed E-state index contributed by atoms with van der Waals surface area (Å²) in [6.45, 7) is 0.160. The predicted molar refractivity (Wildman–Crippen MR) is 161 cm³/mol. The van der Waals surface area contributed by atoms with Crippen LogP contribution in [0.5, 0.6) is 17.2 Å². The number of rotatable bonds is 12. The highest BCUT2D eigenvalue weighted by molar-refractivity contribution is 7.89. The summed E-state index contributed by atoms with van der Waals surface area (Å²) in [5, 5.41) is 2.84. The number of ether oxygens (including phenoxy) is 4. The van der Waals surface area contributed by atoms with Crippen LogP contribution in [0.1, 0.15) is 12.8 Å². The molecular weight excluding hydrogens is 572 g/mol. The molecule has 1 aliphatic heterocycles. The van der Waals surface area contributed by atoms with Gasteiger partial charge in [-0.3, -0.25) is 14.7 Å². The minimum Gasteiger partial charge on any atom is -0.497 e. The number of methoxy groups -OCH3 is 3. The Balaban J connectivity index is 1.46. The van der Waals surface area contributed by atoms with E-state index >= 15 is 0 Å². The fraction of sp³-hybridized carbons (Fsp3) is 0.290. The number of hydrogen-bond acceptors (Lipinski definition) is 8. The van der Waals surface area contributed by atoms with Gasteiger partial charge in [-0.1, -0.05) is 30.3 Å². The van der Waals surface area contributed by atoms with Crippen LogP contribution in [0.3, 0.4) is 0 Å². The zero-order chi connectivity index (χ0) is 30.4. The molecule has 0 bridgehead atoms. The summed E-state index contributed by atoms with van der Waals surface area (Å²) in [5.41, 5.74) is 2.12. The van der Waals surface area contributed by atoms with Gasteiger partial charge >= 0.3 is 0 Å². The Bertz CT molecular complexity index is 1650. The van der Waals surface area contributed by atoms with Crippen LogP contribution in [-0.4, -0.2) is 75.3 Å². The van der Waals surface area contributed by atoms with Gasteiger partial charge in [0.15, 0.2) is 11.5 Å². The maximum atomic E-state index is 13.7. The summed E-state index contributed by atoms with van der Waals surface area (Å²) in [5.74, 6) is 1.24. The van der Waals surface area contributed by atoms with E-state index in [1.165, 1.54) is 19.2 Å². The maximum Gasteiger partial charge on any atom is 0.243 e. The predicted octanol–water partition coefficient (Wildman–Crippen LogP) is 4.37. The molecule has 3 aromatic carbocycles. The fourth-order valence-corrected chi connectivity index (χ4v) is 6.30. The van der Waals surface area contributed by atoms with Gasteiger partial charge < -0.3 is 18.9 Å². The highest BCUT2D eigenvalue weighted by Gasteiger charge is 2.31. The summed E-state index contributed by atoms with van der Waals surface area (Å²) in [6.07, 6.45) is 3.03. The smallest absolute Gasteiger partial charge is 0.243 e. The van der Waals surface area contributed by atoms with Gasteiger partial charge in [-0.25, -0.2) is 13.4 Å². The summed E-state index contributed by atoms with van der Waals surface area (Å²) < 4.78 is 52.1. The number of carbonyl (C=O) groups excluding carboxylic acids is 1. The van der Waals surface area contributed by atoms with Crippen LogP contribution in [0.15, 0.2) is 83.9 Å². The molecule has 2 heterocycles. The van der Waals surface area contributed by atoms with Crippen LogP contribution >= 0.6 is 0 Å². The Labute approximate surface area is 251 Å². The SMILES string of the molecule is COc1ccc(S(=O)(=O)N(CC(=O)Nc2nc(-c3ccccc3)cn2-c2ccc(OC)c(OC)c2)C[C@@H]2CCCO2)cc1. The second-order valence-electron chi connectivity index (χ2n) is 9.88. The molecule has 226 valence electrons. The second kappa shape index (κ2) is 13.3. The second-order valence-corrected chi connectivity index (χ2v) is 11.8. The number of nitrogens with zero attached hydrogens (tertiary/aromatic N) is 3. The summed E-state index contributed by atoms with van der Waals surface area (Å²) in [7, 11) is 0.561. The van der Waals surface area contributed by atoms with Gasteiger partial charge in [-0.05, 0) is 49.2 Å². The zero-order valence-corrected chi connectivity index (χ0v) is 25.0. The van der Waals surface area contributed by atoms with E-state index in [0.717, 1.165) is 16.3 Å². The molecule has 1 atom stereocenters. The highest BCUT2D eigenvalue weighted by Crippen LogP contribution is 2.32. The average molecular weight is 607 g/mol. The Morgan fingerprint density at radius 3 is 2.40 bits per heavy atom. The Morgan fingerprint density at radius 2 is 1.74 bits per heavy atom. The van der Waals surface area contributed by atoms with Crippen molar-refractivity contribution in [3.63, 3.8) is 0 Å². The first-order valence-corrected chi connectivity index (χ1v) is 15.2. The fourth-order valence-electron chi connectivity index (χ4n) is 4.87. The summed E-state index contributed by atoms with van der Waals surface area (Å²) >= 11 is 0. The molecule has 1 fully saturated rings. The third-order valence-electron chi connectivity index (χ3n) is 7.12. The minimum absolute atomic E-state index is 0.0428. The Hall–Kier alpha value is -4.39. The number of aromatic nitrogens is 2. The number of amides is 1.